The molecule has 0 bridgehead atoms. The number of halogens is 2. The topological polar surface area (TPSA) is 63.2 Å². The third kappa shape index (κ3) is 3.16. The Morgan fingerprint density at radius 1 is 1.33 bits per heavy atom. The first-order valence-corrected chi connectivity index (χ1v) is 7.89. The van der Waals surface area contributed by atoms with E-state index in [4.69, 9.17) is 23.2 Å². The molecule has 1 saturated carbocycles. The molecule has 2 atom stereocenters. The molecule has 1 aliphatic carbocycles. The van der Waals surface area contributed by atoms with Gasteiger partial charge in [0.15, 0.2) is 0 Å². The van der Waals surface area contributed by atoms with E-state index in [0.717, 1.165) is 11.8 Å². The molecule has 1 aromatic rings. The van der Waals surface area contributed by atoms with E-state index in [1.807, 2.05) is 4.72 Å². The normalized spacial score (nSPS) is 22.6. The Morgan fingerprint density at radius 3 is 2.56 bits per heavy atom. The highest BCUT2D eigenvalue weighted by molar-refractivity contribution is 7.89. The Morgan fingerprint density at radius 2 is 2.00 bits per heavy atom. The second kappa shape index (κ2) is 4.72. The van der Waals surface area contributed by atoms with Gasteiger partial charge in [-0.2, -0.15) is 0 Å². The molecular weight excluding hydrogens is 297 g/mol. The Bertz CT molecular complexity index is 600. The molecule has 7 heteroatoms. The standard InChI is InChI=1S/C11H11Cl2NO3S/c1-18(16,17)14-11(15)8-5-7(8)6-2-3-9(12)10(13)4-6/h2-4,7-8H,5H2,1H3,(H,14,15)/t7-,8+/m0/s1. The van der Waals surface area contributed by atoms with Crippen molar-refractivity contribution < 1.29 is 13.2 Å². The van der Waals surface area contributed by atoms with Gasteiger partial charge in [-0.3, -0.25) is 9.52 Å². The van der Waals surface area contributed by atoms with Crippen molar-refractivity contribution in [3.05, 3.63) is 33.8 Å². The van der Waals surface area contributed by atoms with E-state index in [9.17, 15) is 13.2 Å². The molecule has 1 N–H and O–H groups in total. The third-order valence-electron chi connectivity index (χ3n) is 2.79. The molecule has 0 unspecified atom stereocenters. The molecule has 98 valence electrons. The van der Waals surface area contributed by atoms with Crippen LogP contribution < -0.4 is 4.72 Å². The summed E-state index contributed by atoms with van der Waals surface area (Å²) in [5.41, 5.74) is 0.901. The first-order valence-electron chi connectivity index (χ1n) is 5.24. The number of amides is 1. The maximum atomic E-state index is 11.6. The summed E-state index contributed by atoms with van der Waals surface area (Å²) in [6.45, 7) is 0. The van der Waals surface area contributed by atoms with Crippen LogP contribution in [0.5, 0.6) is 0 Å². The van der Waals surface area contributed by atoms with Crippen molar-refractivity contribution in [1.82, 2.24) is 4.72 Å². The van der Waals surface area contributed by atoms with E-state index in [1.54, 1.807) is 18.2 Å². The highest BCUT2D eigenvalue weighted by Gasteiger charge is 2.44. The van der Waals surface area contributed by atoms with E-state index >= 15 is 0 Å². The quantitative estimate of drug-likeness (QED) is 0.931. The van der Waals surface area contributed by atoms with Crippen LogP contribution in [0.1, 0.15) is 17.9 Å². The SMILES string of the molecule is CS(=O)(=O)NC(=O)[C@@H]1C[C@H]1c1ccc(Cl)c(Cl)c1. The summed E-state index contributed by atoms with van der Waals surface area (Å²) >= 11 is 11.7. The second-order valence-corrected chi connectivity index (χ2v) is 6.92. The van der Waals surface area contributed by atoms with Gasteiger partial charge in [0, 0.05) is 5.92 Å². The Kier molecular flexibility index (Phi) is 3.58. The molecule has 0 radical (unpaired) electrons. The van der Waals surface area contributed by atoms with Gasteiger partial charge in [-0.25, -0.2) is 8.42 Å². The van der Waals surface area contributed by atoms with Crippen LogP contribution in [-0.2, 0) is 14.8 Å². The summed E-state index contributed by atoms with van der Waals surface area (Å²) in [5, 5.41) is 0.890. The maximum absolute atomic E-state index is 11.6. The zero-order valence-corrected chi connectivity index (χ0v) is 11.8. The van der Waals surface area contributed by atoms with Crippen molar-refractivity contribution in [2.45, 2.75) is 12.3 Å². The molecule has 1 aromatic carbocycles. The number of carbonyl (C=O) groups is 1. The highest BCUT2D eigenvalue weighted by atomic mass is 35.5. The zero-order valence-electron chi connectivity index (χ0n) is 9.48. The van der Waals surface area contributed by atoms with Gasteiger partial charge in [-0.15, -0.1) is 0 Å². The van der Waals surface area contributed by atoms with Gasteiger partial charge in [0.2, 0.25) is 15.9 Å². The van der Waals surface area contributed by atoms with E-state index < -0.39 is 15.9 Å². The minimum Gasteiger partial charge on any atom is -0.274 e. The Hall–Kier alpha value is -0.780. The Labute approximate surface area is 115 Å². The van der Waals surface area contributed by atoms with Crippen LogP contribution >= 0.6 is 23.2 Å². The van der Waals surface area contributed by atoms with Gasteiger partial charge in [-0.1, -0.05) is 29.3 Å². The molecule has 0 aromatic heterocycles. The summed E-state index contributed by atoms with van der Waals surface area (Å²) in [7, 11) is -3.50. The van der Waals surface area contributed by atoms with Gasteiger partial charge in [0.1, 0.15) is 0 Å². The summed E-state index contributed by atoms with van der Waals surface area (Å²) in [6, 6.07) is 5.18. The van der Waals surface area contributed by atoms with Crippen molar-refractivity contribution >= 4 is 39.1 Å². The second-order valence-electron chi connectivity index (χ2n) is 4.36. The average molecular weight is 308 g/mol. The van der Waals surface area contributed by atoms with Gasteiger partial charge in [-0.05, 0) is 30.0 Å². The lowest BCUT2D eigenvalue weighted by molar-refractivity contribution is -0.120. The van der Waals surface area contributed by atoms with Crippen molar-refractivity contribution in [2.24, 2.45) is 5.92 Å². The highest BCUT2D eigenvalue weighted by Crippen LogP contribution is 2.48. The van der Waals surface area contributed by atoms with E-state index in [-0.39, 0.29) is 11.8 Å². The van der Waals surface area contributed by atoms with E-state index in [1.165, 1.54) is 0 Å². The van der Waals surface area contributed by atoms with Crippen molar-refractivity contribution in [2.75, 3.05) is 6.26 Å². The number of benzene rings is 1. The van der Waals surface area contributed by atoms with Crippen LogP contribution in [0.2, 0.25) is 10.0 Å². The van der Waals surface area contributed by atoms with Crippen LogP contribution in [0.4, 0.5) is 0 Å². The van der Waals surface area contributed by atoms with Crippen molar-refractivity contribution in [1.29, 1.82) is 0 Å². The molecule has 1 amide bonds. The predicted molar refractivity (Wildman–Crippen MR) is 70.3 cm³/mol. The molecule has 4 nitrogen and oxygen atoms in total. The lowest BCUT2D eigenvalue weighted by Gasteiger charge is -2.03. The molecular formula is C11H11Cl2NO3S. The zero-order chi connectivity index (χ0) is 13.5. The van der Waals surface area contributed by atoms with Gasteiger partial charge in [0.25, 0.3) is 0 Å². The largest absolute Gasteiger partial charge is 0.274 e. The summed E-state index contributed by atoms with van der Waals surface area (Å²) in [6.07, 6.45) is 1.58. The smallest absolute Gasteiger partial charge is 0.237 e. The molecule has 0 spiro atoms. The molecule has 0 aliphatic heterocycles. The first kappa shape index (κ1) is 13.6. The fourth-order valence-electron chi connectivity index (χ4n) is 1.85. The monoisotopic (exact) mass is 307 g/mol. The lowest BCUT2D eigenvalue weighted by atomic mass is 10.1. The van der Waals surface area contributed by atoms with E-state index in [2.05, 4.69) is 0 Å². The number of rotatable bonds is 3. The fourth-order valence-corrected chi connectivity index (χ4v) is 2.68. The fraction of sp³-hybridized carbons (Fsp3) is 0.364. The molecule has 0 saturated heterocycles. The predicted octanol–water partition coefficient (Wildman–Crippen LogP) is 2.17. The first-order chi connectivity index (χ1) is 8.28. The van der Waals surface area contributed by atoms with Crippen LogP contribution in [0.3, 0.4) is 0 Å². The summed E-state index contributed by atoms with van der Waals surface area (Å²) < 4.78 is 23.9. The molecule has 2 rings (SSSR count). The minimum atomic E-state index is -3.50. The third-order valence-corrected chi connectivity index (χ3v) is 4.10. The lowest BCUT2D eigenvalue weighted by Crippen LogP contribution is -2.30. The molecule has 0 heterocycles. The van der Waals surface area contributed by atoms with E-state index in [0.29, 0.717) is 16.5 Å². The average Bonchev–Trinajstić information content (AvgIpc) is 2.99. The number of hydrogen-bond acceptors (Lipinski definition) is 3. The van der Waals surface area contributed by atoms with Crippen LogP contribution in [0, 0.1) is 5.92 Å². The van der Waals surface area contributed by atoms with Crippen molar-refractivity contribution in [3.63, 3.8) is 0 Å². The number of hydrogen-bond donors (Lipinski definition) is 1. The molecule has 18 heavy (non-hydrogen) atoms. The Balaban J connectivity index is 2.07. The summed E-state index contributed by atoms with van der Waals surface area (Å²) in [5.74, 6) is -0.757. The molecule has 1 fully saturated rings. The number of sulfonamides is 1. The maximum Gasteiger partial charge on any atom is 0.237 e. The summed E-state index contributed by atoms with van der Waals surface area (Å²) in [4.78, 5) is 11.6. The van der Waals surface area contributed by atoms with Gasteiger partial charge >= 0.3 is 0 Å². The molecule has 1 aliphatic rings. The van der Waals surface area contributed by atoms with Gasteiger partial charge in [0.05, 0.1) is 16.3 Å². The van der Waals surface area contributed by atoms with Crippen LogP contribution in [-0.4, -0.2) is 20.6 Å². The number of carbonyl (C=O) groups excluding carboxylic acids is 1. The van der Waals surface area contributed by atoms with Crippen LogP contribution in [0.15, 0.2) is 18.2 Å². The van der Waals surface area contributed by atoms with Crippen molar-refractivity contribution in [3.8, 4) is 0 Å². The minimum absolute atomic E-state index is 0.0153. The van der Waals surface area contributed by atoms with Gasteiger partial charge < -0.3 is 0 Å². The number of nitrogens with one attached hydrogen (secondary N) is 1. The van der Waals surface area contributed by atoms with Crippen LogP contribution in [0.25, 0.3) is 0 Å².